The van der Waals surface area contributed by atoms with Crippen LogP contribution in [0.2, 0.25) is 30.7 Å². The summed E-state index contributed by atoms with van der Waals surface area (Å²) in [4.78, 5) is 14.9. The average molecular weight is 679 g/mol. The summed E-state index contributed by atoms with van der Waals surface area (Å²) >= 11 is 6.82. The van der Waals surface area contributed by atoms with Crippen LogP contribution in [0.4, 0.5) is 11.5 Å². The maximum absolute atomic E-state index is 12.5. The molecule has 0 radical (unpaired) electrons. The lowest BCUT2D eigenvalue weighted by molar-refractivity contribution is 0.00336. The molecule has 0 saturated carbocycles. The van der Waals surface area contributed by atoms with Gasteiger partial charge in [-0.1, -0.05) is 31.2 Å². The van der Waals surface area contributed by atoms with Crippen molar-refractivity contribution in [1.29, 1.82) is 0 Å². The van der Waals surface area contributed by atoms with Gasteiger partial charge < -0.3 is 33.9 Å². The Labute approximate surface area is 270 Å². The SMILES string of the molecule is C=S(=O)(NC)c1ccc(N2CCN(c3nc4c(cc3Cl)nc(O[C@@H]3CO[C@H]5[C@@H]3OC[C@H]5O)n4COCC[Si](C)(C)C)CC2)cc1. The summed E-state index contributed by atoms with van der Waals surface area (Å²) < 4.78 is 41.2. The van der Waals surface area contributed by atoms with Gasteiger partial charge in [-0.15, -0.1) is 0 Å². The van der Waals surface area contributed by atoms with Gasteiger partial charge in [0.05, 0.1) is 27.9 Å². The fraction of sp³-hybridized carbons (Fsp3) is 0.567. The summed E-state index contributed by atoms with van der Waals surface area (Å²) in [6, 6.07) is 10.9. The first kappa shape index (κ1) is 32.5. The second kappa shape index (κ2) is 13.0. The average Bonchev–Trinajstić information content (AvgIpc) is 3.69. The van der Waals surface area contributed by atoms with E-state index in [4.69, 9.17) is 40.5 Å². The molecule has 1 aromatic carbocycles. The zero-order valence-electron chi connectivity index (χ0n) is 26.3. The molecule has 3 saturated heterocycles. The number of benzene rings is 1. The highest BCUT2D eigenvalue weighted by Gasteiger charge is 2.49. The third-order valence-corrected chi connectivity index (χ3v) is 12.2. The smallest absolute Gasteiger partial charge is 0.301 e. The Morgan fingerprint density at radius 3 is 2.47 bits per heavy atom. The van der Waals surface area contributed by atoms with Crippen molar-refractivity contribution in [2.24, 2.45) is 0 Å². The summed E-state index contributed by atoms with van der Waals surface area (Å²) in [6.07, 6.45) is -1.86. The largest absolute Gasteiger partial charge is 0.456 e. The highest BCUT2D eigenvalue weighted by atomic mass is 35.5. The van der Waals surface area contributed by atoms with Crippen molar-refractivity contribution in [2.45, 2.75) is 61.7 Å². The monoisotopic (exact) mass is 678 g/mol. The summed E-state index contributed by atoms with van der Waals surface area (Å²) in [7, 11) is -2.12. The summed E-state index contributed by atoms with van der Waals surface area (Å²) in [5.41, 5.74) is 2.30. The van der Waals surface area contributed by atoms with Crippen molar-refractivity contribution in [1.82, 2.24) is 19.3 Å². The van der Waals surface area contributed by atoms with Gasteiger partial charge in [0.2, 0.25) is 0 Å². The van der Waals surface area contributed by atoms with Crippen LogP contribution < -0.4 is 19.3 Å². The van der Waals surface area contributed by atoms with Crippen molar-refractivity contribution in [2.75, 3.05) is 62.8 Å². The number of hydrogen-bond donors (Lipinski definition) is 2. The number of fused-ring (bicyclic) bond motifs is 2. The van der Waals surface area contributed by atoms with E-state index >= 15 is 0 Å². The minimum Gasteiger partial charge on any atom is -0.456 e. The molecule has 1 unspecified atom stereocenters. The molecular formula is C30H43ClN6O6SSi. The lowest BCUT2D eigenvalue weighted by Gasteiger charge is -2.37. The van der Waals surface area contributed by atoms with Crippen LogP contribution >= 0.6 is 11.6 Å². The first-order valence-electron chi connectivity index (χ1n) is 15.3. The number of nitrogens with zero attached hydrogens (tertiary/aromatic N) is 5. The third-order valence-electron chi connectivity index (χ3n) is 8.57. The topological polar surface area (TPSA) is 123 Å². The predicted molar refractivity (Wildman–Crippen MR) is 180 cm³/mol. The molecule has 3 aliphatic heterocycles. The fourth-order valence-corrected chi connectivity index (χ4v) is 7.64. The molecule has 6 rings (SSSR count). The molecular weight excluding hydrogens is 636 g/mol. The molecule has 5 atom stereocenters. The van der Waals surface area contributed by atoms with Gasteiger partial charge in [-0.05, 0) is 49.3 Å². The number of imidazole rings is 1. The molecule has 0 bridgehead atoms. The van der Waals surface area contributed by atoms with Gasteiger partial charge in [-0.3, -0.25) is 4.57 Å². The number of nitrogens with one attached hydrogen (secondary N) is 1. The van der Waals surface area contributed by atoms with E-state index in [1.807, 2.05) is 34.9 Å². The Morgan fingerprint density at radius 1 is 1.09 bits per heavy atom. The van der Waals surface area contributed by atoms with E-state index in [2.05, 4.69) is 40.0 Å². The first-order chi connectivity index (χ1) is 21.4. The first-order valence-corrected chi connectivity index (χ1v) is 21.1. The number of aromatic nitrogens is 3. The zero-order chi connectivity index (χ0) is 31.9. The van der Waals surface area contributed by atoms with E-state index in [-0.39, 0.29) is 19.4 Å². The molecule has 3 fully saturated rings. The maximum Gasteiger partial charge on any atom is 0.301 e. The van der Waals surface area contributed by atoms with Gasteiger partial charge in [0.15, 0.2) is 11.8 Å². The van der Waals surface area contributed by atoms with E-state index in [1.165, 1.54) is 0 Å². The maximum atomic E-state index is 12.5. The molecule has 0 spiro atoms. The number of piperazine rings is 1. The lowest BCUT2D eigenvalue weighted by Crippen LogP contribution is -2.47. The van der Waals surface area contributed by atoms with Crippen LogP contribution in [0.5, 0.6) is 6.01 Å². The predicted octanol–water partition coefficient (Wildman–Crippen LogP) is 2.84. The highest BCUT2D eigenvalue weighted by Crippen LogP contribution is 2.34. The van der Waals surface area contributed by atoms with Crippen LogP contribution in [-0.4, -0.2) is 115 Å². The molecule has 2 N–H and O–H groups in total. The van der Waals surface area contributed by atoms with Crippen molar-refractivity contribution < 1.29 is 28.3 Å². The van der Waals surface area contributed by atoms with Gasteiger partial charge in [0, 0.05) is 51.4 Å². The number of aliphatic hydroxyl groups is 1. The van der Waals surface area contributed by atoms with Crippen molar-refractivity contribution in [3.63, 3.8) is 0 Å². The van der Waals surface area contributed by atoms with Crippen LogP contribution in [0.1, 0.15) is 0 Å². The van der Waals surface area contributed by atoms with E-state index in [0.29, 0.717) is 46.1 Å². The zero-order valence-corrected chi connectivity index (χ0v) is 28.9. The van der Waals surface area contributed by atoms with Crippen LogP contribution in [-0.2, 0) is 30.6 Å². The van der Waals surface area contributed by atoms with Crippen LogP contribution in [0.3, 0.4) is 0 Å². The number of halogens is 1. The number of anilines is 2. The van der Waals surface area contributed by atoms with Crippen LogP contribution in [0.25, 0.3) is 11.2 Å². The Hall–Kier alpha value is -2.43. The Balaban J connectivity index is 1.21. The molecule has 45 heavy (non-hydrogen) atoms. The number of aliphatic hydroxyl groups excluding tert-OH is 1. The number of rotatable bonds is 11. The summed E-state index contributed by atoms with van der Waals surface area (Å²) in [6.45, 7) is 11.3. The number of ether oxygens (including phenoxy) is 4. The molecule has 2 aromatic heterocycles. The lowest BCUT2D eigenvalue weighted by atomic mass is 10.1. The highest BCUT2D eigenvalue weighted by molar-refractivity contribution is 7.98. The van der Waals surface area contributed by atoms with E-state index in [1.54, 1.807) is 7.05 Å². The fourth-order valence-electron chi connectivity index (χ4n) is 5.81. The van der Waals surface area contributed by atoms with Gasteiger partial charge in [-0.2, -0.15) is 4.98 Å². The standard InChI is InChI=1S/C30H43ClN6O6SSi/c1-32-44(2,39)21-8-6-20(7-9-21)35-10-12-36(13-11-35)28-22(31)16-23-29(34-28)37(19-40-14-15-45(3,4)5)30(33-23)43-25-18-42-26-24(38)17-41-27(25)26/h6-9,16,24-27,38H,2,10-15,17-19H2,1,3-5H3,(H,32,39)/t24-,25-,26-,27-,44?/m1/s1. The van der Waals surface area contributed by atoms with Gasteiger partial charge >= 0.3 is 6.01 Å². The molecule has 12 nitrogen and oxygen atoms in total. The van der Waals surface area contributed by atoms with Crippen molar-refractivity contribution in [3.05, 3.63) is 35.4 Å². The number of pyridine rings is 1. The van der Waals surface area contributed by atoms with Gasteiger partial charge in [0.25, 0.3) is 0 Å². The Morgan fingerprint density at radius 2 is 1.78 bits per heavy atom. The minimum atomic E-state index is -2.49. The van der Waals surface area contributed by atoms with Crippen LogP contribution in [0.15, 0.2) is 35.2 Å². The molecule has 5 heterocycles. The van der Waals surface area contributed by atoms with Crippen molar-refractivity contribution in [3.8, 4) is 6.01 Å². The van der Waals surface area contributed by atoms with Gasteiger partial charge in [-0.25, -0.2) is 13.9 Å². The van der Waals surface area contributed by atoms with E-state index < -0.39 is 36.1 Å². The summed E-state index contributed by atoms with van der Waals surface area (Å²) in [5.74, 6) is 4.48. The van der Waals surface area contributed by atoms with Crippen molar-refractivity contribution >= 4 is 57.9 Å². The second-order valence-corrected chi connectivity index (χ2v) is 21.2. The third kappa shape index (κ3) is 6.98. The number of hydrogen-bond acceptors (Lipinski definition) is 10. The molecule has 3 aromatic rings. The Kier molecular flexibility index (Phi) is 9.38. The normalized spacial score (nSPS) is 25.1. The van der Waals surface area contributed by atoms with Crippen LogP contribution in [0, 0.1) is 0 Å². The second-order valence-electron chi connectivity index (χ2n) is 13.0. The molecule has 15 heteroatoms. The molecule has 0 aliphatic carbocycles. The van der Waals surface area contributed by atoms with Gasteiger partial charge in [0.1, 0.15) is 36.4 Å². The van der Waals surface area contributed by atoms with E-state index in [9.17, 15) is 9.32 Å². The molecule has 0 amide bonds. The quantitative estimate of drug-likeness (QED) is 0.178. The molecule has 3 aliphatic rings. The Bertz CT molecular complexity index is 1610. The molecule has 246 valence electrons. The minimum absolute atomic E-state index is 0.221. The van der Waals surface area contributed by atoms with E-state index in [0.717, 1.165) is 37.9 Å². The summed E-state index contributed by atoms with van der Waals surface area (Å²) in [5, 5.41) is 10.7.